The quantitative estimate of drug-likeness (QED) is 0.654. The maximum atomic E-state index is 5.62. The molecular formula is C13H16O. The molecule has 1 aromatic rings. The molecule has 0 bridgehead atoms. The van der Waals surface area contributed by atoms with Crippen LogP contribution in [0.25, 0.3) is 6.08 Å². The standard InChI is InChI=1S/C13H16O/c1-4-12-7-13-10(3)5-9(2)6-11(13)8-14-12/h5-7H,4,8H2,1-3H3. The largest absolute Gasteiger partial charge is 0.493 e. The van der Waals surface area contributed by atoms with Crippen molar-refractivity contribution in [2.45, 2.75) is 33.8 Å². The van der Waals surface area contributed by atoms with Gasteiger partial charge < -0.3 is 4.74 Å². The van der Waals surface area contributed by atoms with Gasteiger partial charge >= 0.3 is 0 Å². The highest BCUT2D eigenvalue weighted by molar-refractivity contribution is 5.61. The monoisotopic (exact) mass is 188 g/mol. The van der Waals surface area contributed by atoms with Crippen molar-refractivity contribution in [1.29, 1.82) is 0 Å². The average molecular weight is 188 g/mol. The Bertz CT molecular complexity index is 388. The third-order valence-electron chi connectivity index (χ3n) is 2.68. The van der Waals surface area contributed by atoms with Crippen molar-refractivity contribution in [2.24, 2.45) is 0 Å². The van der Waals surface area contributed by atoms with Gasteiger partial charge in [-0.25, -0.2) is 0 Å². The van der Waals surface area contributed by atoms with E-state index in [1.54, 1.807) is 0 Å². The molecule has 0 amide bonds. The zero-order valence-electron chi connectivity index (χ0n) is 9.05. The van der Waals surface area contributed by atoms with Crippen LogP contribution in [0.4, 0.5) is 0 Å². The Morgan fingerprint density at radius 2 is 2.07 bits per heavy atom. The lowest BCUT2D eigenvalue weighted by atomic mass is 9.97. The number of hydrogen-bond acceptors (Lipinski definition) is 1. The molecule has 1 heterocycles. The van der Waals surface area contributed by atoms with Gasteiger partial charge in [0, 0.05) is 6.42 Å². The smallest absolute Gasteiger partial charge is 0.113 e. The molecule has 0 unspecified atom stereocenters. The number of hydrogen-bond donors (Lipinski definition) is 0. The molecule has 0 atom stereocenters. The van der Waals surface area contributed by atoms with Crippen molar-refractivity contribution in [3.63, 3.8) is 0 Å². The number of fused-ring (bicyclic) bond motifs is 1. The Balaban J connectivity index is 2.52. The lowest BCUT2D eigenvalue weighted by molar-refractivity contribution is 0.190. The second kappa shape index (κ2) is 3.49. The summed E-state index contributed by atoms with van der Waals surface area (Å²) in [4.78, 5) is 0. The van der Waals surface area contributed by atoms with Crippen LogP contribution >= 0.6 is 0 Å². The van der Waals surface area contributed by atoms with E-state index in [-0.39, 0.29) is 0 Å². The number of allylic oxidation sites excluding steroid dienone is 1. The Morgan fingerprint density at radius 1 is 1.29 bits per heavy atom. The highest BCUT2D eigenvalue weighted by atomic mass is 16.5. The van der Waals surface area contributed by atoms with Crippen LogP contribution in [0.5, 0.6) is 0 Å². The van der Waals surface area contributed by atoms with Gasteiger partial charge in [-0.05, 0) is 36.6 Å². The third-order valence-corrected chi connectivity index (χ3v) is 2.68. The Labute approximate surface area is 85.4 Å². The van der Waals surface area contributed by atoms with Crippen molar-refractivity contribution in [2.75, 3.05) is 0 Å². The average Bonchev–Trinajstić information content (AvgIpc) is 2.17. The Kier molecular flexibility index (Phi) is 2.32. The minimum Gasteiger partial charge on any atom is -0.493 e. The summed E-state index contributed by atoms with van der Waals surface area (Å²) in [5.41, 5.74) is 5.35. The zero-order valence-corrected chi connectivity index (χ0v) is 9.05. The molecule has 1 aromatic carbocycles. The van der Waals surface area contributed by atoms with Crippen LogP contribution in [-0.2, 0) is 11.3 Å². The first kappa shape index (κ1) is 9.32. The molecule has 1 heteroatoms. The molecule has 0 spiro atoms. The van der Waals surface area contributed by atoms with Gasteiger partial charge in [0.15, 0.2) is 0 Å². The Hall–Kier alpha value is -1.24. The molecule has 0 N–H and O–H groups in total. The normalized spacial score (nSPS) is 14.4. The predicted molar refractivity (Wildman–Crippen MR) is 59.0 cm³/mol. The molecule has 0 aromatic heterocycles. The van der Waals surface area contributed by atoms with Gasteiger partial charge in [0.05, 0.1) is 5.76 Å². The maximum Gasteiger partial charge on any atom is 0.113 e. The van der Waals surface area contributed by atoms with E-state index in [1.165, 1.54) is 22.3 Å². The van der Waals surface area contributed by atoms with Crippen LogP contribution in [0, 0.1) is 13.8 Å². The molecule has 14 heavy (non-hydrogen) atoms. The highest BCUT2D eigenvalue weighted by Crippen LogP contribution is 2.27. The van der Waals surface area contributed by atoms with Crippen molar-refractivity contribution < 1.29 is 4.74 Å². The van der Waals surface area contributed by atoms with Gasteiger partial charge in [0.25, 0.3) is 0 Å². The predicted octanol–water partition coefficient (Wildman–Crippen LogP) is 3.58. The SMILES string of the molecule is CCC1=Cc2c(C)cc(C)cc2CO1. The minimum absolute atomic E-state index is 0.734. The molecule has 0 saturated heterocycles. The second-order valence-electron chi connectivity index (χ2n) is 3.91. The summed E-state index contributed by atoms with van der Waals surface area (Å²) >= 11 is 0. The first-order chi connectivity index (χ1) is 6.70. The highest BCUT2D eigenvalue weighted by Gasteiger charge is 2.12. The molecule has 0 fully saturated rings. The molecule has 0 saturated carbocycles. The third kappa shape index (κ3) is 1.54. The number of aryl methyl sites for hydroxylation is 2. The molecule has 1 nitrogen and oxygen atoms in total. The summed E-state index contributed by atoms with van der Waals surface area (Å²) in [6.45, 7) is 7.16. The zero-order chi connectivity index (χ0) is 10.1. The molecule has 0 aliphatic carbocycles. The van der Waals surface area contributed by atoms with Gasteiger partial charge in [0.1, 0.15) is 6.61 Å². The fraction of sp³-hybridized carbons (Fsp3) is 0.385. The first-order valence-electron chi connectivity index (χ1n) is 5.14. The molecule has 2 rings (SSSR count). The van der Waals surface area contributed by atoms with Crippen molar-refractivity contribution in [3.8, 4) is 0 Å². The van der Waals surface area contributed by atoms with E-state index >= 15 is 0 Å². The van der Waals surface area contributed by atoms with E-state index in [1.807, 2.05) is 0 Å². The minimum atomic E-state index is 0.734. The maximum absolute atomic E-state index is 5.62. The van der Waals surface area contributed by atoms with Crippen molar-refractivity contribution in [3.05, 3.63) is 40.1 Å². The molecule has 1 aliphatic heterocycles. The molecule has 1 aliphatic rings. The summed E-state index contributed by atoms with van der Waals surface area (Å²) in [6, 6.07) is 4.44. The van der Waals surface area contributed by atoms with Crippen LogP contribution < -0.4 is 0 Å². The fourth-order valence-corrected chi connectivity index (χ4v) is 1.97. The number of ether oxygens (including phenoxy) is 1. The molecule has 0 radical (unpaired) electrons. The lowest BCUT2D eigenvalue weighted by Gasteiger charge is -2.19. The summed E-state index contributed by atoms with van der Waals surface area (Å²) in [7, 11) is 0. The fourth-order valence-electron chi connectivity index (χ4n) is 1.97. The van der Waals surface area contributed by atoms with Gasteiger partial charge in [-0.3, -0.25) is 0 Å². The van der Waals surface area contributed by atoms with E-state index < -0.39 is 0 Å². The van der Waals surface area contributed by atoms with Crippen LogP contribution in [0.15, 0.2) is 17.9 Å². The van der Waals surface area contributed by atoms with Crippen LogP contribution in [0.2, 0.25) is 0 Å². The van der Waals surface area contributed by atoms with E-state index in [4.69, 9.17) is 4.74 Å². The van der Waals surface area contributed by atoms with Crippen LogP contribution in [-0.4, -0.2) is 0 Å². The van der Waals surface area contributed by atoms with Crippen molar-refractivity contribution >= 4 is 6.08 Å². The van der Waals surface area contributed by atoms with Crippen LogP contribution in [0.1, 0.15) is 35.6 Å². The topological polar surface area (TPSA) is 9.23 Å². The summed E-state index contributed by atoms with van der Waals surface area (Å²) < 4.78 is 5.62. The summed E-state index contributed by atoms with van der Waals surface area (Å²) in [5.74, 6) is 1.10. The van der Waals surface area contributed by atoms with Crippen LogP contribution in [0.3, 0.4) is 0 Å². The van der Waals surface area contributed by atoms with E-state index in [9.17, 15) is 0 Å². The number of benzene rings is 1. The van der Waals surface area contributed by atoms with Gasteiger partial charge in [-0.1, -0.05) is 24.6 Å². The Morgan fingerprint density at radius 3 is 2.79 bits per heavy atom. The molecule has 74 valence electrons. The number of rotatable bonds is 1. The van der Waals surface area contributed by atoms with Gasteiger partial charge in [-0.15, -0.1) is 0 Å². The summed E-state index contributed by atoms with van der Waals surface area (Å²) in [5, 5.41) is 0. The van der Waals surface area contributed by atoms with E-state index in [0.717, 1.165) is 18.8 Å². The van der Waals surface area contributed by atoms with Gasteiger partial charge in [0.2, 0.25) is 0 Å². The summed E-state index contributed by atoms with van der Waals surface area (Å²) in [6.07, 6.45) is 3.15. The second-order valence-corrected chi connectivity index (χ2v) is 3.91. The van der Waals surface area contributed by atoms with Crippen molar-refractivity contribution in [1.82, 2.24) is 0 Å². The van der Waals surface area contributed by atoms with E-state index in [0.29, 0.717) is 0 Å². The van der Waals surface area contributed by atoms with Gasteiger partial charge in [-0.2, -0.15) is 0 Å². The van der Waals surface area contributed by atoms with E-state index in [2.05, 4.69) is 39.0 Å². The first-order valence-corrected chi connectivity index (χ1v) is 5.14. The molecular weight excluding hydrogens is 172 g/mol. The lowest BCUT2D eigenvalue weighted by Crippen LogP contribution is -2.04.